The summed E-state index contributed by atoms with van der Waals surface area (Å²) >= 11 is 0. The van der Waals surface area contributed by atoms with Crippen LogP contribution in [-0.4, -0.2) is 47.7 Å². The third kappa shape index (κ3) is 2.41. The lowest BCUT2D eigenvalue weighted by molar-refractivity contribution is -0.137. The minimum absolute atomic E-state index is 0.308. The summed E-state index contributed by atoms with van der Waals surface area (Å²) in [6.45, 7) is 3.56. The summed E-state index contributed by atoms with van der Waals surface area (Å²) in [5.74, 6) is 0.827. The summed E-state index contributed by atoms with van der Waals surface area (Å²) in [4.78, 5) is 13.4. The number of carboxylic acid groups (broad SMARTS) is 1. The van der Waals surface area contributed by atoms with Crippen LogP contribution in [0.2, 0.25) is 0 Å². The lowest BCUT2D eigenvalue weighted by atomic mass is 9.73. The average molecular weight is 252 g/mol. The Bertz CT molecular complexity index is 319. The predicted octanol–water partition coefficient (Wildman–Crippen LogP) is 1.31. The van der Waals surface area contributed by atoms with E-state index in [1.54, 1.807) is 0 Å². The van der Waals surface area contributed by atoms with Gasteiger partial charge in [0.2, 0.25) is 0 Å². The summed E-state index contributed by atoms with van der Waals surface area (Å²) in [6.07, 6.45) is 6.54. The molecule has 3 heterocycles. The lowest BCUT2D eigenvalue weighted by Gasteiger charge is -2.52. The van der Waals surface area contributed by atoms with Crippen molar-refractivity contribution in [2.24, 2.45) is 11.8 Å². The molecule has 0 aromatic rings. The summed E-state index contributed by atoms with van der Waals surface area (Å²) in [7, 11) is 0. The van der Waals surface area contributed by atoms with Crippen LogP contribution in [0.15, 0.2) is 0 Å². The molecule has 3 rings (SSSR count). The molecule has 0 spiro atoms. The molecule has 3 saturated heterocycles. The van der Waals surface area contributed by atoms with Gasteiger partial charge in [0, 0.05) is 25.0 Å². The number of piperidine rings is 3. The normalized spacial score (nSPS) is 40.2. The van der Waals surface area contributed by atoms with Gasteiger partial charge in [-0.3, -0.25) is 9.69 Å². The molecule has 3 unspecified atom stereocenters. The largest absolute Gasteiger partial charge is 0.481 e. The third-order valence-corrected chi connectivity index (χ3v) is 5.16. The van der Waals surface area contributed by atoms with E-state index in [0.29, 0.717) is 18.4 Å². The van der Waals surface area contributed by atoms with Gasteiger partial charge in [-0.15, -0.1) is 0 Å². The Morgan fingerprint density at radius 3 is 3.06 bits per heavy atom. The average Bonchev–Trinajstić information content (AvgIpc) is 2.38. The van der Waals surface area contributed by atoms with Gasteiger partial charge in [0.25, 0.3) is 0 Å². The Hall–Kier alpha value is -0.610. The Morgan fingerprint density at radius 2 is 2.22 bits per heavy atom. The first-order chi connectivity index (χ1) is 8.74. The second kappa shape index (κ2) is 5.17. The van der Waals surface area contributed by atoms with Crippen LogP contribution in [0.4, 0.5) is 0 Å². The van der Waals surface area contributed by atoms with Crippen LogP contribution in [0.1, 0.15) is 38.5 Å². The van der Waals surface area contributed by atoms with Crippen LogP contribution in [0, 0.1) is 11.8 Å². The number of rotatable bonds is 3. The highest BCUT2D eigenvalue weighted by Gasteiger charge is 2.42. The highest BCUT2D eigenvalue weighted by molar-refractivity contribution is 5.66. The number of aliphatic carboxylic acids is 1. The van der Waals surface area contributed by atoms with Crippen LogP contribution in [-0.2, 0) is 4.79 Å². The highest BCUT2D eigenvalue weighted by Crippen LogP contribution is 2.37. The Kier molecular flexibility index (Phi) is 3.57. The monoisotopic (exact) mass is 252 g/mol. The fraction of sp³-hybridized carbons (Fsp3) is 0.929. The molecule has 0 saturated carbocycles. The molecular formula is C14H24N2O2. The number of nitrogens with zero attached hydrogens (tertiary/aromatic N) is 1. The highest BCUT2D eigenvalue weighted by atomic mass is 16.4. The molecule has 102 valence electrons. The van der Waals surface area contributed by atoms with Crippen molar-refractivity contribution < 1.29 is 9.90 Å². The Balaban J connectivity index is 1.62. The zero-order valence-corrected chi connectivity index (χ0v) is 11.0. The van der Waals surface area contributed by atoms with E-state index >= 15 is 0 Å². The SMILES string of the molecule is O=C(O)CCC1NCC2CC1CN1CCCC[C@@H]21. The first-order valence-electron chi connectivity index (χ1n) is 7.43. The molecule has 18 heavy (non-hydrogen) atoms. The molecule has 0 aliphatic carbocycles. The van der Waals surface area contributed by atoms with Gasteiger partial charge in [0.15, 0.2) is 0 Å². The number of nitrogens with one attached hydrogen (secondary N) is 1. The number of hydrogen-bond acceptors (Lipinski definition) is 3. The molecule has 4 atom stereocenters. The second-order valence-corrected chi connectivity index (χ2v) is 6.26. The van der Waals surface area contributed by atoms with Crippen molar-refractivity contribution in [3.05, 3.63) is 0 Å². The minimum atomic E-state index is -0.661. The van der Waals surface area contributed by atoms with Gasteiger partial charge in [-0.2, -0.15) is 0 Å². The molecule has 3 fully saturated rings. The van der Waals surface area contributed by atoms with Gasteiger partial charge in [-0.1, -0.05) is 6.42 Å². The van der Waals surface area contributed by atoms with Crippen molar-refractivity contribution in [3.8, 4) is 0 Å². The smallest absolute Gasteiger partial charge is 0.303 e. The van der Waals surface area contributed by atoms with Gasteiger partial charge in [0.1, 0.15) is 0 Å². The number of hydrogen-bond donors (Lipinski definition) is 2. The van der Waals surface area contributed by atoms with Crippen LogP contribution in [0.3, 0.4) is 0 Å². The van der Waals surface area contributed by atoms with E-state index in [4.69, 9.17) is 5.11 Å². The number of fused-ring (bicyclic) bond motifs is 4. The van der Waals surface area contributed by atoms with Crippen molar-refractivity contribution in [2.75, 3.05) is 19.6 Å². The van der Waals surface area contributed by atoms with Gasteiger partial charge >= 0.3 is 5.97 Å². The van der Waals surface area contributed by atoms with E-state index in [1.807, 2.05) is 0 Å². The van der Waals surface area contributed by atoms with Crippen LogP contribution in [0.5, 0.6) is 0 Å². The second-order valence-electron chi connectivity index (χ2n) is 6.26. The van der Waals surface area contributed by atoms with Crippen molar-refractivity contribution in [2.45, 2.75) is 50.6 Å². The van der Waals surface area contributed by atoms with E-state index < -0.39 is 5.97 Å². The molecule has 3 aliphatic rings. The predicted molar refractivity (Wildman–Crippen MR) is 69.5 cm³/mol. The van der Waals surface area contributed by atoms with Crippen molar-refractivity contribution >= 4 is 5.97 Å². The standard InChI is InChI=1S/C14H24N2O2/c17-14(18)5-4-12-11-7-10(8-15-12)13-3-1-2-6-16(13)9-11/h10-13,15H,1-9H2,(H,17,18)/t10?,11?,12?,13-/m0/s1. The van der Waals surface area contributed by atoms with Gasteiger partial charge in [0.05, 0.1) is 0 Å². The fourth-order valence-corrected chi connectivity index (χ4v) is 4.30. The molecule has 4 nitrogen and oxygen atoms in total. The van der Waals surface area contributed by atoms with Gasteiger partial charge in [-0.05, 0) is 50.6 Å². The maximum absolute atomic E-state index is 10.7. The molecule has 0 aromatic heterocycles. The van der Waals surface area contributed by atoms with Crippen molar-refractivity contribution in [1.82, 2.24) is 10.2 Å². The molecule has 2 bridgehead atoms. The van der Waals surface area contributed by atoms with E-state index in [0.717, 1.165) is 24.9 Å². The van der Waals surface area contributed by atoms with Gasteiger partial charge in [-0.25, -0.2) is 0 Å². The van der Waals surface area contributed by atoms with E-state index in [2.05, 4.69) is 10.2 Å². The summed E-state index contributed by atoms with van der Waals surface area (Å²) in [5.41, 5.74) is 0. The Morgan fingerprint density at radius 1 is 1.33 bits per heavy atom. The molecular weight excluding hydrogens is 228 g/mol. The van der Waals surface area contributed by atoms with Crippen molar-refractivity contribution in [1.29, 1.82) is 0 Å². The zero-order valence-electron chi connectivity index (χ0n) is 11.0. The summed E-state index contributed by atoms with van der Waals surface area (Å²) in [5, 5.41) is 12.4. The fourth-order valence-electron chi connectivity index (χ4n) is 4.30. The van der Waals surface area contributed by atoms with Crippen LogP contribution in [0.25, 0.3) is 0 Å². The zero-order chi connectivity index (χ0) is 12.5. The maximum atomic E-state index is 10.7. The van der Waals surface area contributed by atoms with E-state index in [-0.39, 0.29) is 0 Å². The molecule has 3 aliphatic heterocycles. The number of carboxylic acids is 1. The summed E-state index contributed by atoms with van der Waals surface area (Å²) < 4.78 is 0. The topological polar surface area (TPSA) is 52.6 Å². The molecule has 4 heteroatoms. The molecule has 0 amide bonds. The maximum Gasteiger partial charge on any atom is 0.303 e. The van der Waals surface area contributed by atoms with Crippen LogP contribution >= 0.6 is 0 Å². The van der Waals surface area contributed by atoms with Gasteiger partial charge < -0.3 is 10.4 Å². The molecule has 2 N–H and O–H groups in total. The first kappa shape index (κ1) is 12.4. The quantitative estimate of drug-likeness (QED) is 0.795. The third-order valence-electron chi connectivity index (χ3n) is 5.16. The number of carbonyl (C=O) groups is 1. The van der Waals surface area contributed by atoms with E-state index in [9.17, 15) is 4.79 Å². The van der Waals surface area contributed by atoms with Crippen LogP contribution < -0.4 is 5.32 Å². The summed E-state index contributed by atoms with van der Waals surface area (Å²) in [6, 6.07) is 1.24. The van der Waals surface area contributed by atoms with E-state index in [1.165, 1.54) is 38.8 Å². The molecule has 0 radical (unpaired) electrons. The minimum Gasteiger partial charge on any atom is -0.481 e. The Labute approximate surface area is 109 Å². The first-order valence-corrected chi connectivity index (χ1v) is 7.43. The molecule has 0 aromatic carbocycles. The lowest BCUT2D eigenvalue weighted by Crippen LogP contribution is -2.61. The van der Waals surface area contributed by atoms with Crippen molar-refractivity contribution in [3.63, 3.8) is 0 Å².